The number of ether oxygens (including phenoxy) is 1. The van der Waals surface area contributed by atoms with Gasteiger partial charge < -0.3 is 15.8 Å². The van der Waals surface area contributed by atoms with Gasteiger partial charge in [0.2, 0.25) is 11.8 Å². The molecule has 8 heteroatoms. The number of hydrogen-bond donors (Lipinski definition) is 2. The van der Waals surface area contributed by atoms with E-state index in [0.717, 1.165) is 12.8 Å². The maximum Gasteiger partial charge on any atom is 0.240 e. The van der Waals surface area contributed by atoms with Crippen LogP contribution < -0.4 is 15.8 Å². The van der Waals surface area contributed by atoms with E-state index in [1.165, 1.54) is 0 Å². The molecule has 0 radical (unpaired) electrons. The number of nitrogens with one attached hydrogen (secondary N) is 1. The number of pyridine rings is 1. The molecule has 5 nitrogen and oxygen atoms in total. The predicted octanol–water partition coefficient (Wildman–Crippen LogP) is 1.56. The second kappa shape index (κ2) is 7.75. The molecule has 1 aromatic rings. The lowest BCUT2D eigenvalue weighted by Crippen LogP contribution is -2.44. The fourth-order valence-electron chi connectivity index (χ4n) is 1.33. The highest BCUT2D eigenvalue weighted by atomic mass is 35.5. The van der Waals surface area contributed by atoms with Crippen LogP contribution >= 0.6 is 36.4 Å². The molecule has 1 amide bonds. The van der Waals surface area contributed by atoms with Gasteiger partial charge in [-0.2, -0.15) is 0 Å². The lowest BCUT2D eigenvalue weighted by atomic mass is 10.3. The number of nitrogens with two attached hydrogens (primary N) is 1. The average molecular weight is 329 g/mol. The Bertz CT molecular complexity index is 427. The van der Waals surface area contributed by atoms with E-state index >= 15 is 0 Å². The van der Waals surface area contributed by atoms with E-state index in [-0.39, 0.29) is 30.7 Å². The van der Waals surface area contributed by atoms with Crippen LogP contribution in [-0.4, -0.2) is 29.6 Å². The van der Waals surface area contributed by atoms with Gasteiger partial charge in [-0.1, -0.05) is 11.6 Å². The first-order valence-electron chi connectivity index (χ1n) is 5.42. The summed E-state index contributed by atoms with van der Waals surface area (Å²) in [6.07, 6.45) is 3.11. The van der Waals surface area contributed by atoms with Crippen LogP contribution in [-0.2, 0) is 4.79 Å². The molecule has 3 N–H and O–H groups in total. The minimum absolute atomic E-state index is 0. The average Bonchev–Trinajstić information content (AvgIpc) is 3.06. The zero-order chi connectivity index (χ0) is 12.3. The molecule has 2 rings (SSSR count). The first-order valence-corrected chi connectivity index (χ1v) is 5.80. The molecular formula is C11H16Cl3N3O2. The largest absolute Gasteiger partial charge is 0.475 e. The monoisotopic (exact) mass is 327 g/mol. The maximum absolute atomic E-state index is 11.5. The van der Waals surface area contributed by atoms with E-state index in [0.29, 0.717) is 24.1 Å². The molecule has 108 valence electrons. The first kappa shape index (κ1) is 18.2. The van der Waals surface area contributed by atoms with Crippen LogP contribution in [0.5, 0.6) is 5.88 Å². The molecule has 0 aromatic carbocycles. The van der Waals surface area contributed by atoms with E-state index in [1.54, 1.807) is 18.3 Å². The Morgan fingerprint density at radius 1 is 1.53 bits per heavy atom. The molecule has 19 heavy (non-hydrogen) atoms. The molecule has 1 saturated carbocycles. The standard InChI is InChI=1S/C11H14ClN3O2.2ClH/c12-8-2-1-5-14-9(8)17-7-6-15-10(16)11(13)3-4-11;;/h1-2,5H,3-4,6-7,13H2,(H,15,16);2*1H. The molecule has 1 aromatic heterocycles. The highest BCUT2D eigenvalue weighted by Crippen LogP contribution is 2.31. The van der Waals surface area contributed by atoms with Crippen molar-refractivity contribution in [3.8, 4) is 5.88 Å². The van der Waals surface area contributed by atoms with Crippen LogP contribution in [0.4, 0.5) is 0 Å². The van der Waals surface area contributed by atoms with Gasteiger partial charge in [-0.05, 0) is 25.0 Å². The Morgan fingerprint density at radius 3 is 2.79 bits per heavy atom. The predicted molar refractivity (Wildman–Crippen MR) is 78.4 cm³/mol. The molecule has 0 spiro atoms. The Balaban J connectivity index is 0.00000162. The van der Waals surface area contributed by atoms with Gasteiger partial charge in [0, 0.05) is 6.20 Å². The van der Waals surface area contributed by atoms with Crippen LogP contribution in [0.3, 0.4) is 0 Å². The molecule has 0 saturated heterocycles. The number of rotatable bonds is 5. The lowest BCUT2D eigenvalue weighted by Gasteiger charge is -2.10. The van der Waals surface area contributed by atoms with Crippen molar-refractivity contribution in [2.45, 2.75) is 18.4 Å². The summed E-state index contributed by atoms with van der Waals surface area (Å²) in [6.45, 7) is 0.712. The van der Waals surface area contributed by atoms with Gasteiger partial charge in [-0.15, -0.1) is 24.8 Å². The van der Waals surface area contributed by atoms with Crippen LogP contribution in [0.2, 0.25) is 5.02 Å². The molecule has 1 fully saturated rings. The smallest absolute Gasteiger partial charge is 0.240 e. The normalized spacial score (nSPS) is 14.6. The van der Waals surface area contributed by atoms with Crippen LogP contribution in [0.1, 0.15) is 12.8 Å². The van der Waals surface area contributed by atoms with Crippen molar-refractivity contribution in [2.75, 3.05) is 13.2 Å². The third kappa shape index (κ3) is 5.03. The third-order valence-electron chi connectivity index (χ3n) is 2.59. The van der Waals surface area contributed by atoms with Gasteiger partial charge in [0.15, 0.2) is 0 Å². The summed E-state index contributed by atoms with van der Waals surface area (Å²) in [5.74, 6) is 0.255. The van der Waals surface area contributed by atoms with Crippen molar-refractivity contribution in [3.63, 3.8) is 0 Å². The highest BCUT2D eigenvalue weighted by molar-refractivity contribution is 6.31. The molecule has 0 aliphatic heterocycles. The topological polar surface area (TPSA) is 77.2 Å². The minimum Gasteiger partial charge on any atom is -0.475 e. The molecule has 0 unspecified atom stereocenters. The second-order valence-electron chi connectivity index (χ2n) is 4.05. The lowest BCUT2D eigenvalue weighted by molar-refractivity contribution is -0.123. The van der Waals surface area contributed by atoms with Crippen LogP contribution in [0, 0.1) is 0 Å². The number of carbonyl (C=O) groups excluding carboxylic acids is 1. The van der Waals surface area contributed by atoms with Gasteiger partial charge in [0.1, 0.15) is 11.6 Å². The molecular weight excluding hydrogens is 312 g/mol. The number of carbonyl (C=O) groups is 1. The van der Waals surface area contributed by atoms with E-state index in [1.807, 2.05) is 0 Å². The molecule has 1 aliphatic rings. The number of hydrogen-bond acceptors (Lipinski definition) is 4. The third-order valence-corrected chi connectivity index (χ3v) is 2.88. The highest BCUT2D eigenvalue weighted by Gasteiger charge is 2.45. The van der Waals surface area contributed by atoms with Gasteiger partial charge in [-0.25, -0.2) is 4.98 Å². The summed E-state index contributed by atoms with van der Waals surface area (Å²) in [4.78, 5) is 15.4. The number of aromatic nitrogens is 1. The Labute approximate surface area is 129 Å². The van der Waals surface area contributed by atoms with E-state index in [4.69, 9.17) is 22.1 Å². The summed E-state index contributed by atoms with van der Waals surface area (Å²) < 4.78 is 5.32. The zero-order valence-electron chi connectivity index (χ0n) is 10.1. The zero-order valence-corrected chi connectivity index (χ0v) is 12.5. The SMILES string of the molecule is Cl.Cl.NC1(C(=O)NCCOc2ncccc2Cl)CC1. The van der Waals surface area contributed by atoms with Gasteiger partial charge in [0.05, 0.1) is 12.1 Å². The Morgan fingerprint density at radius 2 is 2.21 bits per heavy atom. The summed E-state index contributed by atoms with van der Waals surface area (Å²) in [7, 11) is 0. The summed E-state index contributed by atoms with van der Waals surface area (Å²) in [5.41, 5.74) is 5.08. The van der Waals surface area contributed by atoms with Crippen molar-refractivity contribution in [1.82, 2.24) is 10.3 Å². The van der Waals surface area contributed by atoms with Gasteiger partial charge in [0.25, 0.3) is 0 Å². The fraction of sp³-hybridized carbons (Fsp3) is 0.455. The summed E-state index contributed by atoms with van der Waals surface area (Å²) >= 11 is 5.85. The van der Waals surface area contributed by atoms with Crippen LogP contribution in [0.15, 0.2) is 18.3 Å². The van der Waals surface area contributed by atoms with Gasteiger partial charge in [-0.3, -0.25) is 4.79 Å². The molecule has 0 atom stereocenters. The van der Waals surface area contributed by atoms with E-state index in [2.05, 4.69) is 10.3 Å². The van der Waals surface area contributed by atoms with E-state index in [9.17, 15) is 4.79 Å². The summed E-state index contributed by atoms with van der Waals surface area (Å²) in [6, 6.07) is 3.42. The maximum atomic E-state index is 11.5. The molecule has 1 aliphatic carbocycles. The second-order valence-corrected chi connectivity index (χ2v) is 4.46. The quantitative estimate of drug-likeness (QED) is 0.804. The van der Waals surface area contributed by atoms with Crippen molar-refractivity contribution in [3.05, 3.63) is 23.4 Å². The van der Waals surface area contributed by atoms with Crippen molar-refractivity contribution in [2.24, 2.45) is 5.73 Å². The van der Waals surface area contributed by atoms with Crippen LogP contribution in [0.25, 0.3) is 0 Å². The number of halogens is 3. The Hall–Kier alpha value is -0.750. The fourth-order valence-corrected chi connectivity index (χ4v) is 1.50. The van der Waals surface area contributed by atoms with Crippen molar-refractivity contribution >= 4 is 42.3 Å². The Kier molecular flexibility index (Phi) is 7.44. The van der Waals surface area contributed by atoms with Crippen molar-refractivity contribution in [1.29, 1.82) is 0 Å². The molecule has 1 heterocycles. The van der Waals surface area contributed by atoms with Crippen molar-refractivity contribution < 1.29 is 9.53 Å². The number of nitrogens with zero attached hydrogens (tertiary/aromatic N) is 1. The molecule has 0 bridgehead atoms. The van der Waals surface area contributed by atoms with E-state index < -0.39 is 5.54 Å². The van der Waals surface area contributed by atoms with Gasteiger partial charge >= 0.3 is 0 Å². The number of amides is 1. The first-order chi connectivity index (χ1) is 8.12. The summed E-state index contributed by atoms with van der Waals surface area (Å²) in [5, 5.41) is 3.17. The minimum atomic E-state index is -0.636.